The summed E-state index contributed by atoms with van der Waals surface area (Å²) in [6.45, 7) is -0.113. The molecule has 0 amide bonds. The summed E-state index contributed by atoms with van der Waals surface area (Å²) in [7, 11) is 2.01. The lowest BCUT2D eigenvalue weighted by molar-refractivity contribution is -0.659. The standard InChI is InChI=1S/C20H20N/c1-15-9-11-19(16(2)13-15)20-12-10-18(14-21(20)3)17-7-5-4-6-8-17/h4-14H,1-3H3/q+1/i1D3. The summed E-state index contributed by atoms with van der Waals surface area (Å²) in [4.78, 5) is 0. The van der Waals surface area contributed by atoms with Crippen molar-refractivity contribution < 1.29 is 8.68 Å². The van der Waals surface area contributed by atoms with E-state index < -0.39 is 6.85 Å². The average molecular weight is 277 g/mol. The van der Waals surface area contributed by atoms with Gasteiger partial charge in [-0.25, -0.2) is 4.57 Å². The van der Waals surface area contributed by atoms with Crippen molar-refractivity contribution in [2.45, 2.75) is 13.8 Å². The number of aryl methyl sites for hydroxylation is 3. The Morgan fingerprint density at radius 3 is 2.38 bits per heavy atom. The summed E-state index contributed by atoms with van der Waals surface area (Å²) >= 11 is 0. The summed E-state index contributed by atoms with van der Waals surface area (Å²) in [5, 5.41) is 0. The first-order valence-electron chi connectivity index (χ1n) is 8.53. The normalized spacial score (nSPS) is 13.3. The van der Waals surface area contributed by atoms with Crippen molar-refractivity contribution in [3.63, 3.8) is 0 Å². The minimum absolute atomic E-state index is 0.382. The smallest absolute Gasteiger partial charge is 0.200 e. The van der Waals surface area contributed by atoms with Crippen LogP contribution in [0.2, 0.25) is 0 Å². The maximum Gasteiger partial charge on any atom is 0.212 e. The van der Waals surface area contributed by atoms with Gasteiger partial charge in [0.05, 0.1) is 0 Å². The molecule has 3 rings (SSSR count). The molecule has 0 unspecified atom stereocenters. The topological polar surface area (TPSA) is 3.88 Å². The molecular formula is C20H20N+. The Labute approximate surface area is 130 Å². The second-order valence-electron chi connectivity index (χ2n) is 5.31. The molecule has 104 valence electrons. The van der Waals surface area contributed by atoms with Gasteiger partial charge in [-0.05, 0) is 37.0 Å². The molecule has 0 saturated carbocycles. The minimum Gasteiger partial charge on any atom is -0.200 e. The van der Waals surface area contributed by atoms with Crippen LogP contribution >= 0.6 is 0 Å². The minimum atomic E-state index is -2.07. The van der Waals surface area contributed by atoms with Crippen LogP contribution in [0.5, 0.6) is 0 Å². The number of nitrogens with zero attached hydrogens (tertiary/aromatic N) is 1. The van der Waals surface area contributed by atoms with Gasteiger partial charge in [-0.3, -0.25) is 0 Å². The fourth-order valence-corrected chi connectivity index (χ4v) is 2.64. The second-order valence-corrected chi connectivity index (χ2v) is 5.31. The van der Waals surface area contributed by atoms with Crippen molar-refractivity contribution in [1.29, 1.82) is 0 Å². The lowest BCUT2D eigenvalue weighted by Crippen LogP contribution is -2.30. The van der Waals surface area contributed by atoms with Gasteiger partial charge in [-0.1, -0.05) is 48.0 Å². The highest BCUT2D eigenvalue weighted by Crippen LogP contribution is 2.24. The first-order valence-corrected chi connectivity index (χ1v) is 7.03. The molecule has 1 heterocycles. The highest BCUT2D eigenvalue weighted by atomic mass is 14.9. The molecule has 0 atom stereocenters. The third-order valence-electron chi connectivity index (χ3n) is 3.74. The van der Waals surface area contributed by atoms with E-state index in [0.717, 1.165) is 22.4 Å². The maximum atomic E-state index is 7.54. The van der Waals surface area contributed by atoms with Gasteiger partial charge < -0.3 is 0 Å². The molecule has 0 aliphatic rings. The highest BCUT2D eigenvalue weighted by Gasteiger charge is 2.13. The van der Waals surface area contributed by atoms with Crippen LogP contribution in [0.1, 0.15) is 15.2 Å². The van der Waals surface area contributed by atoms with Crippen molar-refractivity contribution in [2.75, 3.05) is 0 Å². The molecule has 0 aliphatic heterocycles. The Morgan fingerprint density at radius 2 is 1.71 bits per heavy atom. The molecule has 1 aromatic heterocycles. The molecule has 3 aromatic rings. The Bertz CT molecular complexity index is 868. The second kappa shape index (κ2) is 5.53. The summed E-state index contributed by atoms with van der Waals surface area (Å²) in [6, 6.07) is 19.8. The average Bonchev–Trinajstić information content (AvgIpc) is 2.55. The van der Waals surface area contributed by atoms with Crippen LogP contribution in [0.15, 0.2) is 66.9 Å². The van der Waals surface area contributed by atoms with Crippen molar-refractivity contribution in [3.8, 4) is 22.4 Å². The van der Waals surface area contributed by atoms with Gasteiger partial charge in [-0.2, -0.15) is 0 Å². The Balaban J connectivity index is 2.02. The molecule has 0 aliphatic carbocycles. The summed E-state index contributed by atoms with van der Waals surface area (Å²) in [5.74, 6) is 0. The van der Waals surface area contributed by atoms with E-state index in [0.29, 0.717) is 5.56 Å². The summed E-state index contributed by atoms with van der Waals surface area (Å²) in [5.41, 5.74) is 5.78. The molecule has 0 bridgehead atoms. The Morgan fingerprint density at radius 1 is 0.905 bits per heavy atom. The first kappa shape index (κ1) is 10.3. The quantitative estimate of drug-likeness (QED) is 0.609. The van der Waals surface area contributed by atoms with Crippen molar-refractivity contribution in [1.82, 2.24) is 0 Å². The molecule has 1 heteroatoms. The monoisotopic (exact) mass is 277 g/mol. The molecule has 0 radical (unpaired) electrons. The predicted octanol–water partition coefficient (Wildman–Crippen LogP) is 4.46. The fraction of sp³-hybridized carbons (Fsp3) is 0.150. The Kier molecular flexibility index (Phi) is 2.72. The van der Waals surface area contributed by atoms with E-state index in [1.165, 1.54) is 5.56 Å². The largest absolute Gasteiger partial charge is 0.212 e. The first-order chi connectivity index (χ1) is 11.4. The fourth-order valence-electron chi connectivity index (χ4n) is 2.64. The number of benzene rings is 2. The van der Waals surface area contributed by atoms with E-state index in [-0.39, 0.29) is 0 Å². The highest BCUT2D eigenvalue weighted by molar-refractivity contribution is 5.66. The van der Waals surface area contributed by atoms with Gasteiger partial charge in [-0.15, -0.1) is 0 Å². The molecular weight excluding hydrogens is 254 g/mol. The lowest BCUT2D eigenvalue weighted by Gasteiger charge is -2.07. The van der Waals surface area contributed by atoms with Crippen LogP contribution in [0.4, 0.5) is 0 Å². The van der Waals surface area contributed by atoms with Crippen molar-refractivity contribution >= 4 is 0 Å². The molecule has 0 spiro atoms. The van der Waals surface area contributed by atoms with E-state index in [1.54, 1.807) is 12.1 Å². The predicted molar refractivity (Wildman–Crippen MR) is 88.0 cm³/mol. The number of hydrogen-bond acceptors (Lipinski definition) is 0. The maximum absolute atomic E-state index is 7.54. The molecule has 0 fully saturated rings. The zero-order valence-electron chi connectivity index (χ0n) is 15.3. The zero-order chi connectivity index (χ0) is 17.3. The van der Waals surface area contributed by atoms with Crippen LogP contribution in [-0.2, 0) is 7.05 Å². The molecule has 21 heavy (non-hydrogen) atoms. The third kappa shape index (κ3) is 2.73. The van der Waals surface area contributed by atoms with Gasteiger partial charge in [0.15, 0.2) is 6.20 Å². The number of pyridine rings is 1. The van der Waals surface area contributed by atoms with E-state index in [9.17, 15) is 0 Å². The Hall–Kier alpha value is -2.41. The molecule has 0 N–H and O–H groups in total. The van der Waals surface area contributed by atoms with Gasteiger partial charge in [0, 0.05) is 21.3 Å². The van der Waals surface area contributed by atoms with Gasteiger partial charge in [0.25, 0.3) is 0 Å². The van der Waals surface area contributed by atoms with E-state index in [4.69, 9.17) is 4.11 Å². The van der Waals surface area contributed by atoms with E-state index in [2.05, 4.69) is 35.0 Å². The van der Waals surface area contributed by atoms with Crippen LogP contribution in [0.25, 0.3) is 22.4 Å². The molecule has 2 aromatic carbocycles. The van der Waals surface area contributed by atoms with Gasteiger partial charge in [0.1, 0.15) is 7.05 Å². The summed E-state index contributed by atoms with van der Waals surface area (Å²) in [6.07, 6.45) is 2.10. The van der Waals surface area contributed by atoms with Crippen molar-refractivity contribution in [3.05, 3.63) is 78.0 Å². The number of hydrogen-bond donors (Lipinski definition) is 0. The SMILES string of the molecule is [2H]C([2H])([2H])c1ccc(-c2ccc(-c3ccccc3)c[n+]2C)c(C)c1. The van der Waals surface area contributed by atoms with Gasteiger partial charge >= 0.3 is 0 Å². The van der Waals surface area contributed by atoms with Crippen LogP contribution in [0.3, 0.4) is 0 Å². The zero-order valence-corrected chi connectivity index (χ0v) is 12.3. The summed E-state index contributed by atoms with van der Waals surface area (Å²) < 4.78 is 24.7. The molecule has 1 nitrogen and oxygen atoms in total. The van der Waals surface area contributed by atoms with Crippen molar-refractivity contribution in [2.24, 2.45) is 7.05 Å². The van der Waals surface area contributed by atoms with Crippen LogP contribution < -0.4 is 4.57 Å². The lowest BCUT2D eigenvalue weighted by atomic mass is 10.0. The molecule has 0 saturated heterocycles. The van der Waals surface area contributed by atoms with Gasteiger partial charge in [0.2, 0.25) is 5.69 Å². The third-order valence-corrected chi connectivity index (χ3v) is 3.74. The van der Waals surface area contributed by atoms with E-state index in [1.807, 2.05) is 38.2 Å². The number of rotatable bonds is 2. The number of aromatic nitrogens is 1. The van der Waals surface area contributed by atoms with E-state index >= 15 is 0 Å². The van der Waals surface area contributed by atoms with Crippen LogP contribution in [-0.4, -0.2) is 0 Å². The van der Waals surface area contributed by atoms with Crippen LogP contribution in [0, 0.1) is 13.8 Å².